The van der Waals surface area contributed by atoms with Crippen LogP contribution in [0.25, 0.3) is 0 Å². The van der Waals surface area contributed by atoms with E-state index in [1.165, 1.54) is 5.56 Å². The zero-order valence-corrected chi connectivity index (χ0v) is 13.5. The van der Waals surface area contributed by atoms with Crippen molar-refractivity contribution in [1.29, 1.82) is 0 Å². The van der Waals surface area contributed by atoms with Gasteiger partial charge in [-0.3, -0.25) is 4.79 Å². The number of carbonyl (C=O) groups is 1. The lowest BCUT2D eigenvalue weighted by Crippen LogP contribution is -2.19. The van der Waals surface area contributed by atoms with Gasteiger partial charge in [0, 0.05) is 4.47 Å². The largest absolute Gasteiger partial charge is 0.325 e. The van der Waals surface area contributed by atoms with Crippen molar-refractivity contribution in [2.75, 3.05) is 5.32 Å². The first-order chi connectivity index (χ1) is 9.49. The molecule has 0 fully saturated rings. The van der Waals surface area contributed by atoms with Gasteiger partial charge in [-0.2, -0.15) is 0 Å². The van der Waals surface area contributed by atoms with Crippen LogP contribution in [0.15, 0.2) is 46.9 Å². The highest BCUT2D eigenvalue weighted by Crippen LogP contribution is 2.27. The molecule has 0 saturated heterocycles. The molecule has 0 unspecified atom stereocenters. The van der Waals surface area contributed by atoms with Crippen molar-refractivity contribution in [2.45, 2.75) is 26.7 Å². The van der Waals surface area contributed by atoms with Crippen LogP contribution >= 0.6 is 15.9 Å². The molecule has 104 valence electrons. The highest BCUT2D eigenvalue weighted by atomic mass is 79.9. The normalized spacial score (nSPS) is 12.0. The average Bonchev–Trinajstić information content (AvgIpc) is 2.44. The van der Waals surface area contributed by atoms with Crippen molar-refractivity contribution in [2.24, 2.45) is 0 Å². The molecule has 0 aliphatic heterocycles. The Balaban J connectivity index is 2.18. The van der Waals surface area contributed by atoms with Crippen LogP contribution < -0.4 is 5.32 Å². The van der Waals surface area contributed by atoms with E-state index >= 15 is 0 Å². The number of anilines is 1. The Morgan fingerprint density at radius 2 is 1.70 bits per heavy atom. The first-order valence-corrected chi connectivity index (χ1v) is 7.41. The minimum absolute atomic E-state index is 0.000142. The van der Waals surface area contributed by atoms with Crippen LogP contribution in [0.4, 0.5) is 5.69 Å². The molecule has 2 nitrogen and oxygen atoms in total. The molecule has 0 aliphatic rings. The third kappa shape index (κ3) is 3.28. The van der Waals surface area contributed by atoms with Crippen molar-refractivity contribution in [3.8, 4) is 0 Å². The Kier molecular flexibility index (Phi) is 4.61. The summed E-state index contributed by atoms with van der Waals surface area (Å²) in [7, 11) is 0. The van der Waals surface area contributed by atoms with E-state index in [0.29, 0.717) is 0 Å². The quantitative estimate of drug-likeness (QED) is 0.859. The molecule has 1 N–H and O–H groups in total. The van der Waals surface area contributed by atoms with Crippen LogP contribution in [-0.2, 0) is 4.79 Å². The molecule has 0 saturated carbocycles. The zero-order chi connectivity index (χ0) is 14.7. The topological polar surface area (TPSA) is 29.1 Å². The van der Waals surface area contributed by atoms with Crippen molar-refractivity contribution in [3.05, 3.63) is 63.6 Å². The van der Waals surface area contributed by atoms with Gasteiger partial charge in [-0.1, -0.05) is 30.3 Å². The lowest BCUT2D eigenvalue weighted by atomic mass is 10.0. The van der Waals surface area contributed by atoms with Crippen molar-refractivity contribution in [3.63, 3.8) is 0 Å². The number of hydrogen-bond acceptors (Lipinski definition) is 1. The number of amides is 1. The van der Waals surface area contributed by atoms with E-state index in [4.69, 9.17) is 0 Å². The first kappa shape index (κ1) is 14.8. The molecular weight excluding hydrogens is 314 g/mol. The molecule has 0 aliphatic carbocycles. The third-order valence-corrected chi connectivity index (χ3v) is 4.19. The van der Waals surface area contributed by atoms with Gasteiger partial charge in [-0.15, -0.1) is 0 Å². The molecule has 2 aromatic rings. The number of hydrogen-bond donors (Lipinski definition) is 1. The lowest BCUT2D eigenvalue weighted by Gasteiger charge is -2.15. The van der Waals surface area contributed by atoms with Gasteiger partial charge in [-0.25, -0.2) is 0 Å². The number of halogens is 1. The van der Waals surface area contributed by atoms with Crippen LogP contribution in [0.5, 0.6) is 0 Å². The molecule has 1 atom stereocenters. The smallest absolute Gasteiger partial charge is 0.231 e. The fraction of sp³-hybridized carbons (Fsp3) is 0.235. The Morgan fingerprint density at radius 1 is 1.10 bits per heavy atom. The summed E-state index contributed by atoms with van der Waals surface area (Å²) < 4.78 is 0.911. The maximum atomic E-state index is 12.3. The summed E-state index contributed by atoms with van der Waals surface area (Å²) in [4.78, 5) is 12.3. The summed E-state index contributed by atoms with van der Waals surface area (Å²) in [5.41, 5.74) is 4.20. The van der Waals surface area contributed by atoms with Gasteiger partial charge < -0.3 is 5.32 Å². The Hall–Kier alpha value is -1.61. The minimum Gasteiger partial charge on any atom is -0.325 e. The molecule has 2 rings (SSSR count). The summed E-state index contributed by atoms with van der Waals surface area (Å²) in [6.45, 7) is 6.01. The Bertz CT molecular complexity index is 622. The zero-order valence-electron chi connectivity index (χ0n) is 11.9. The minimum atomic E-state index is -0.176. The van der Waals surface area contributed by atoms with E-state index in [9.17, 15) is 4.79 Å². The van der Waals surface area contributed by atoms with Crippen molar-refractivity contribution < 1.29 is 4.79 Å². The molecule has 2 aromatic carbocycles. The van der Waals surface area contributed by atoms with E-state index in [1.807, 2.05) is 56.3 Å². The highest BCUT2D eigenvalue weighted by molar-refractivity contribution is 9.10. The predicted octanol–water partition coefficient (Wildman–Crippen LogP) is 4.81. The van der Waals surface area contributed by atoms with Crippen LogP contribution in [-0.4, -0.2) is 5.91 Å². The van der Waals surface area contributed by atoms with Gasteiger partial charge in [0.15, 0.2) is 0 Å². The van der Waals surface area contributed by atoms with Crippen molar-refractivity contribution >= 4 is 27.5 Å². The molecule has 1 amide bonds. The maximum Gasteiger partial charge on any atom is 0.231 e. The summed E-state index contributed by atoms with van der Waals surface area (Å²) >= 11 is 3.50. The second kappa shape index (κ2) is 6.23. The van der Waals surface area contributed by atoms with E-state index in [1.54, 1.807) is 0 Å². The van der Waals surface area contributed by atoms with Gasteiger partial charge in [0.2, 0.25) is 5.91 Å². The second-order valence-corrected chi connectivity index (χ2v) is 5.89. The van der Waals surface area contributed by atoms with Gasteiger partial charge in [-0.05, 0) is 65.5 Å². The van der Waals surface area contributed by atoms with E-state index in [-0.39, 0.29) is 11.8 Å². The highest BCUT2D eigenvalue weighted by Gasteiger charge is 2.16. The summed E-state index contributed by atoms with van der Waals surface area (Å²) in [5, 5.41) is 2.99. The fourth-order valence-corrected chi connectivity index (χ4v) is 2.57. The molecule has 0 aromatic heterocycles. The van der Waals surface area contributed by atoms with Crippen LogP contribution in [0.2, 0.25) is 0 Å². The standard InChI is InChI=1S/C17H18BrNO/c1-11-9-15(18)16(10-12(11)2)19-17(20)13(3)14-7-5-4-6-8-14/h4-10,13H,1-3H3,(H,19,20)/t13-/m0/s1. The Labute approximate surface area is 128 Å². The maximum absolute atomic E-state index is 12.3. The number of rotatable bonds is 3. The Morgan fingerprint density at radius 3 is 2.35 bits per heavy atom. The third-order valence-electron chi connectivity index (χ3n) is 3.53. The van der Waals surface area contributed by atoms with E-state index < -0.39 is 0 Å². The SMILES string of the molecule is Cc1cc(Br)c(NC(=O)[C@@H](C)c2ccccc2)cc1C. The number of carbonyl (C=O) groups excluding carboxylic acids is 1. The second-order valence-electron chi connectivity index (χ2n) is 5.04. The lowest BCUT2D eigenvalue weighted by molar-refractivity contribution is -0.117. The van der Waals surface area contributed by atoms with Gasteiger partial charge in [0.1, 0.15) is 0 Å². The number of benzene rings is 2. The molecule has 3 heteroatoms. The van der Waals surface area contributed by atoms with Gasteiger partial charge in [0.05, 0.1) is 11.6 Å². The summed E-state index contributed by atoms with van der Waals surface area (Å²) in [6.07, 6.45) is 0. The van der Waals surface area contributed by atoms with Crippen molar-refractivity contribution in [1.82, 2.24) is 0 Å². The predicted molar refractivity (Wildman–Crippen MR) is 87.1 cm³/mol. The molecule has 0 spiro atoms. The summed E-state index contributed by atoms with van der Waals surface area (Å²) in [6, 6.07) is 13.8. The van der Waals surface area contributed by atoms with Crippen LogP contribution in [0.3, 0.4) is 0 Å². The molecule has 0 radical (unpaired) electrons. The summed E-state index contributed by atoms with van der Waals surface area (Å²) in [5.74, 6) is -0.176. The van der Waals surface area contributed by atoms with Crippen LogP contribution in [0.1, 0.15) is 29.5 Å². The molecular formula is C17H18BrNO. The van der Waals surface area contributed by atoms with Gasteiger partial charge >= 0.3 is 0 Å². The molecule has 0 heterocycles. The van der Waals surface area contributed by atoms with E-state index in [2.05, 4.69) is 28.2 Å². The number of aryl methyl sites for hydroxylation is 2. The van der Waals surface area contributed by atoms with E-state index in [0.717, 1.165) is 21.3 Å². The average molecular weight is 332 g/mol. The molecule has 0 bridgehead atoms. The fourth-order valence-electron chi connectivity index (χ4n) is 2.01. The number of nitrogens with one attached hydrogen (secondary N) is 1. The first-order valence-electron chi connectivity index (χ1n) is 6.61. The van der Waals surface area contributed by atoms with Gasteiger partial charge in [0.25, 0.3) is 0 Å². The van der Waals surface area contributed by atoms with Crippen LogP contribution in [0, 0.1) is 13.8 Å². The monoisotopic (exact) mass is 331 g/mol. The molecule has 20 heavy (non-hydrogen) atoms.